The molecule has 0 radical (unpaired) electrons. The fraction of sp³-hybridized carbons (Fsp3) is 0.600. The van der Waals surface area contributed by atoms with Crippen molar-refractivity contribution in [2.75, 3.05) is 31.4 Å². The third kappa shape index (κ3) is 3.74. The van der Waals surface area contributed by atoms with Crippen LogP contribution in [0.1, 0.15) is 6.42 Å². The minimum atomic E-state index is -4.64. The van der Waals surface area contributed by atoms with Gasteiger partial charge in [0.25, 0.3) is 0 Å². The topological polar surface area (TPSA) is 112 Å². The molecule has 0 spiro atoms. The van der Waals surface area contributed by atoms with E-state index in [9.17, 15) is 17.1 Å². The summed E-state index contributed by atoms with van der Waals surface area (Å²) in [7, 11) is -1.97. The summed E-state index contributed by atoms with van der Waals surface area (Å²) in [6.45, 7) is -0.00168. The quantitative estimate of drug-likeness (QED) is 0.670. The third-order valence-corrected chi connectivity index (χ3v) is 3.70. The Morgan fingerprint density at radius 1 is 1.24 bits per heavy atom. The second kappa shape index (κ2) is 5.76. The molecular weight excluding hydrogens is 307 g/mol. The van der Waals surface area contributed by atoms with E-state index in [0.29, 0.717) is 0 Å². The first-order valence-corrected chi connectivity index (χ1v) is 7.44. The SMILES string of the molecule is COc1nc(OC)nc(N2CC(CS(=O)(=O)F)CC2=O)n1. The normalized spacial score (nSPS) is 18.9. The number of nitrogens with zero attached hydrogens (tertiary/aromatic N) is 4. The molecule has 1 saturated heterocycles. The van der Waals surface area contributed by atoms with Gasteiger partial charge in [0, 0.05) is 18.9 Å². The first-order valence-electron chi connectivity index (χ1n) is 5.89. The molecule has 1 aliphatic heterocycles. The molecule has 1 aromatic heterocycles. The minimum absolute atomic E-state index is 0.00168. The smallest absolute Gasteiger partial charge is 0.324 e. The fourth-order valence-corrected chi connectivity index (χ4v) is 2.79. The van der Waals surface area contributed by atoms with Crippen molar-refractivity contribution in [3.63, 3.8) is 0 Å². The highest BCUT2D eigenvalue weighted by Gasteiger charge is 2.35. The van der Waals surface area contributed by atoms with Gasteiger partial charge in [0.15, 0.2) is 0 Å². The molecule has 0 saturated carbocycles. The molecule has 0 aliphatic carbocycles. The van der Waals surface area contributed by atoms with Crippen LogP contribution in [0.2, 0.25) is 0 Å². The van der Waals surface area contributed by atoms with Gasteiger partial charge in [-0.1, -0.05) is 0 Å². The van der Waals surface area contributed by atoms with E-state index in [1.54, 1.807) is 0 Å². The van der Waals surface area contributed by atoms with E-state index in [0.717, 1.165) is 4.90 Å². The largest absolute Gasteiger partial charge is 0.467 e. The van der Waals surface area contributed by atoms with Crippen molar-refractivity contribution in [2.24, 2.45) is 5.92 Å². The summed E-state index contributed by atoms with van der Waals surface area (Å²) >= 11 is 0. The number of rotatable bonds is 5. The molecule has 2 rings (SSSR count). The summed E-state index contributed by atoms with van der Waals surface area (Å²) in [5.74, 6) is -1.79. The number of halogens is 1. The number of methoxy groups -OCH3 is 2. The lowest BCUT2D eigenvalue weighted by atomic mass is 10.1. The summed E-state index contributed by atoms with van der Waals surface area (Å²) in [6.07, 6.45) is -0.0978. The molecule has 9 nitrogen and oxygen atoms in total. The highest BCUT2D eigenvalue weighted by molar-refractivity contribution is 7.86. The first-order chi connectivity index (χ1) is 9.82. The summed E-state index contributed by atoms with van der Waals surface area (Å²) in [5.41, 5.74) is 0. The number of carbonyl (C=O) groups excluding carboxylic acids is 1. The molecule has 1 aliphatic rings. The molecule has 2 heterocycles. The van der Waals surface area contributed by atoms with Gasteiger partial charge in [-0.2, -0.15) is 18.4 Å². The van der Waals surface area contributed by atoms with Crippen LogP contribution in [0.5, 0.6) is 12.0 Å². The minimum Gasteiger partial charge on any atom is -0.467 e. The molecule has 1 fully saturated rings. The average molecular weight is 320 g/mol. The van der Waals surface area contributed by atoms with Crippen LogP contribution in [0, 0.1) is 5.92 Å². The van der Waals surface area contributed by atoms with E-state index < -0.39 is 27.8 Å². The molecule has 0 N–H and O–H groups in total. The standard InChI is InChI=1S/C10H13FN4O5S/c1-19-9-12-8(13-10(14-9)20-2)15-4-6(3-7(15)16)5-21(11,17)18/h6H,3-5H2,1-2H3. The van der Waals surface area contributed by atoms with Crippen molar-refractivity contribution in [1.82, 2.24) is 15.0 Å². The molecular formula is C10H13FN4O5S. The van der Waals surface area contributed by atoms with Gasteiger partial charge in [0.2, 0.25) is 11.9 Å². The highest BCUT2D eigenvalue weighted by atomic mass is 32.3. The van der Waals surface area contributed by atoms with Crippen molar-refractivity contribution in [3.8, 4) is 12.0 Å². The molecule has 0 bridgehead atoms. The van der Waals surface area contributed by atoms with Gasteiger partial charge in [-0.3, -0.25) is 9.69 Å². The number of hydrogen-bond acceptors (Lipinski definition) is 8. The highest BCUT2D eigenvalue weighted by Crippen LogP contribution is 2.25. The monoisotopic (exact) mass is 320 g/mol. The van der Waals surface area contributed by atoms with Gasteiger partial charge in [0.05, 0.1) is 20.0 Å². The summed E-state index contributed by atoms with van der Waals surface area (Å²) in [5, 5.41) is 0. The van der Waals surface area contributed by atoms with E-state index in [4.69, 9.17) is 9.47 Å². The van der Waals surface area contributed by atoms with Crippen LogP contribution >= 0.6 is 0 Å². The Bertz CT molecular complexity index is 631. The van der Waals surface area contributed by atoms with E-state index in [1.165, 1.54) is 14.2 Å². The number of anilines is 1. The first kappa shape index (κ1) is 15.4. The number of ether oxygens (including phenoxy) is 2. The summed E-state index contributed by atoms with van der Waals surface area (Å²) < 4.78 is 43.7. The number of carbonyl (C=O) groups is 1. The van der Waals surface area contributed by atoms with Crippen LogP contribution in [0.15, 0.2) is 0 Å². The van der Waals surface area contributed by atoms with Crippen molar-refractivity contribution in [1.29, 1.82) is 0 Å². The predicted molar refractivity (Wildman–Crippen MR) is 68.3 cm³/mol. The maximum absolute atomic E-state index is 12.7. The van der Waals surface area contributed by atoms with Crippen LogP contribution in [0.25, 0.3) is 0 Å². The molecule has 1 unspecified atom stereocenters. The zero-order chi connectivity index (χ0) is 15.6. The number of amides is 1. The summed E-state index contributed by atoms with van der Waals surface area (Å²) in [6, 6.07) is -0.0996. The molecule has 1 aromatic rings. The second-order valence-corrected chi connectivity index (χ2v) is 5.80. The fourth-order valence-electron chi connectivity index (χ4n) is 2.00. The zero-order valence-electron chi connectivity index (χ0n) is 11.3. The van der Waals surface area contributed by atoms with Crippen LogP contribution in [-0.2, 0) is 15.0 Å². The van der Waals surface area contributed by atoms with Crippen molar-refractivity contribution in [3.05, 3.63) is 0 Å². The van der Waals surface area contributed by atoms with Crippen LogP contribution < -0.4 is 14.4 Å². The van der Waals surface area contributed by atoms with Gasteiger partial charge in [0.1, 0.15) is 0 Å². The van der Waals surface area contributed by atoms with E-state index in [-0.39, 0.29) is 30.9 Å². The number of hydrogen-bond donors (Lipinski definition) is 0. The zero-order valence-corrected chi connectivity index (χ0v) is 12.1. The predicted octanol–water partition coefficient (Wildman–Crippen LogP) is -0.459. The number of aromatic nitrogens is 3. The summed E-state index contributed by atoms with van der Waals surface area (Å²) in [4.78, 5) is 24.6. The van der Waals surface area contributed by atoms with Gasteiger partial charge in [-0.25, -0.2) is 0 Å². The second-order valence-electron chi connectivity index (χ2n) is 4.39. The molecule has 1 atom stereocenters. The molecule has 1 amide bonds. The van der Waals surface area contributed by atoms with Crippen molar-refractivity contribution in [2.45, 2.75) is 6.42 Å². The Kier molecular flexibility index (Phi) is 4.21. The average Bonchev–Trinajstić information content (AvgIpc) is 2.76. The lowest BCUT2D eigenvalue weighted by Crippen LogP contribution is -2.27. The Morgan fingerprint density at radius 2 is 1.81 bits per heavy atom. The molecule has 11 heteroatoms. The van der Waals surface area contributed by atoms with Gasteiger partial charge in [-0.05, 0) is 0 Å². The van der Waals surface area contributed by atoms with Crippen LogP contribution in [0.3, 0.4) is 0 Å². The van der Waals surface area contributed by atoms with Gasteiger partial charge < -0.3 is 9.47 Å². The Hall–Kier alpha value is -2.04. The third-order valence-electron chi connectivity index (χ3n) is 2.83. The lowest BCUT2D eigenvalue weighted by Gasteiger charge is -2.14. The Balaban J connectivity index is 2.24. The Labute approximate surface area is 120 Å². The van der Waals surface area contributed by atoms with E-state index in [1.807, 2.05) is 0 Å². The molecule has 116 valence electrons. The molecule has 21 heavy (non-hydrogen) atoms. The maximum Gasteiger partial charge on any atom is 0.324 e. The van der Waals surface area contributed by atoms with E-state index in [2.05, 4.69) is 15.0 Å². The lowest BCUT2D eigenvalue weighted by molar-refractivity contribution is -0.117. The van der Waals surface area contributed by atoms with Crippen LogP contribution in [-0.4, -0.2) is 55.8 Å². The van der Waals surface area contributed by atoms with Crippen molar-refractivity contribution < 1.29 is 26.6 Å². The Morgan fingerprint density at radius 3 is 2.29 bits per heavy atom. The van der Waals surface area contributed by atoms with E-state index >= 15 is 0 Å². The maximum atomic E-state index is 12.7. The van der Waals surface area contributed by atoms with Gasteiger partial charge in [-0.15, -0.1) is 8.87 Å². The van der Waals surface area contributed by atoms with Crippen LogP contribution in [0.4, 0.5) is 9.83 Å². The molecule has 0 aromatic carbocycles. The van der Waals surface area contributed by atoms with Gasteiger partial charge >= 0.3 is 22.2 Å². The van der Waals surface area contributed by atoms with Crippen molar-refractivity contribution >= 4 is 22.1 Å².